The highest BCUT2D eigenvalue weighted by Crippen LogP contribution is 2.38. The maximum atomic E-state index is 12.7. The van der Waals surface area contributed by atoms with Gasteiger partial charge in [-0.25, -0.2) is 13.2 Å². The van der Waals surface area contributed by atoms with Gasteiger partial charge in [-0.1, -0.05) is 6.07 Å². The Morgan fingerprint density at radius 3 is 2.81 bits per heavy atom. The number of benzene rings is 2. The number of sulfonamides is 1. The zero-order valence-corrected chi connectivity index (χ0v) is 15.2. The highest BCUT2D eigenvalue weighted by molar-refractivity contribution is 7.92. The van der Waals surface area contributed by atoms with Crippen molar-refractivity contribution in [1.29, 1.82) is 0 Å². The molecule has 7 nitrogen and oxygen atoms in total. The summed E-state index contributed by atoms with van der Waals surface area (Å²) in [5, 5.41) is 9.06. The average Bonchev–Trinajstić information content (AvgIpc) is 2.94. The molecular weight excluding hydrogens is 358 g/mol. The van der Waals surface area contributed by atoms with Gasteiger partial charge in [0, 0.05) is 18.1 Å². The minimum atomic E-state index is -3.99. The number of rotatable bonds is 6. The number of aromatic carboxylic acids is 1. The van der Waals surface area contributed by atoms with Crippen LogP contribution in [0.3, 0.4) is 0 Å². The predicted octanol–water partition coefficient (Wildman–Crippen LogP) is 2.91. The molecule has 0 amide bonds. The number of hydrogen-bond acceptors (Lipinski definition) is 5. The maximum absolute atomic E-state index is 12.7. The third-order valence-electron chi connectivity index (χ3n) is 3.93. The molecule has 8 heteroatoms. The van der Waals surface area contributed by atoms with Gasteiger partial charge in [-0.15, -0.1) is 0 Å². The summed E-state index contributed by atoms with van der Waals surface area (Å²) in [5.41, 5.74) is 1.10. The smallest absolute Gasteiger partial charge is 0.335 e. The Balaban J connectivity index is 1.98. The van der Waals surface area contributed by atoms with E-state index in [-0.39, 0.29) is 22.3 Å². The number of nitrogens with one attached hydrogen (secondary N) is 1. The standard InChI is InChI=1S/C18H19NO6S/c1-3-24-17-9-13-7-11(2)25-16(13)10-15(17)19-26(22,23)14-6-4-5-12(8-14)18(20)21/h4-6,8-11,19H,3,7H2,1-2H3,(H,20,21)/t11-/m0/s1. The first-order chi connectivity index (χ1) is 12.3. The Hall–Kier alpha value is -2.74. The summed E-state index contributed by atoms with van der Waals surface area (Å²) < 4.78 is 39.1. The SMILES string of the molecule is CCOc1cc2c(cc1NS(=O)(=O)c1cccc(C(=O)O)c1)O[C@@H](C)C2. The van der Waals surface area contributed by atoms with Crippen molar-refractivity contribution in [3.8, 4) is 11.5 Å². The largest absolute Gasteiger partial charge is 0.492 e. The van der Waals surface area contributed by atoms with Gasteiger partial charge in [0.2, 0.25) is 0 Å². The van der Waals surface area contributed by atoms with E-state index in [0.717, 1.165) is 18.1 Å². The number of ether oxygens (including phenoxy) is 2. The summed E-state index contributed by atoms with van der Waals surface area (Å²) in [7, 11) is -3.99. The third-order valence-corrected chi connectivity index (χ3v) is 5.30. The topological polar surface area (TPSA) is 102 Å². The summed E-state index contributed by atoms with van der Waals surface area (Å²) in [5.74, 6) is -0.183. The number of carboxylic acids is 1. The van der Waals surface area contributed by atoms with Crippen LogP contribution in [-0.4, -0.2) is 32.2 Å². The van der Waals surface area contributed by atoms with Crippen molar-refractivity contribution in [3.63, 3.8) is 0 Å². The molecule has 0 bridgehead atoms. The van der Waals surface area contributed by atoms with Gasteiger partial charge in [0.15, 0.2) is 0 Å². The molecule has 0 radical (unpaired) electrons. The summed E-state index contributed by atoms with van der Waals surface area (Å²) in [4.78, 5) is 10.9. The fourth-order valence-electron chi connectivity index (χ4n) is 2.79. The Kier molecular flexibility index (Phi) is 4.78. The van der Waals surface area contributed by atoms with E-state index in [0.29, 0.717) is 18.1 Å². The number of carboxylic acid groups (broad SMARTS) is 1. The van der Waals surface area contributed by atoms with Crippen molar-refractivity contribution in [3.05, 3.63) is 47.5 Å². The van der Waals surface area contributed by atoms with E-state index in [4.69, 9.17) is 14.6 Å². The summed E-state index contributed by atoms with van der Waals surface area (Å²) in [6.45, 7) is 4.11. The van der Waals surface area contributed by atoms with E-state index in [2.05, 4.69) is 4.72 Å². The zero-order chi connectivity index (χ0) is 18.9. The predicted molar refractivity (Wildman–Crippen MR) is 95.6 cm³/mol. The van der Waals surface area contributed by atoms with Gasteiger partial charge in [-0.3, -0.25) is 4.72 Å². The molecule has 0 fully saturated rings. The van der Waals surface area contributed by atoms with Crippen molar-refractivity contribution in [1.82, 2.24) is 0 Å². The van der Waals surface area contributed by atoms with E-state index in [1.54, 1.807) is 19.1 Å². The Morgan fingerprint density at radius 1 is 1.35 bits per heavy atom. The van der Waals surface area contributed by atoms with Crippen LogP contribution in [0, 0.1) is 0 Å². The molecule has 0 spiro atoms. The monoisotopic (exact) mass is 377 g/mol. The van der Waals surface area contributed by atoms with Crippen molar-refractivity contribution < 1.29 is 27.8 Å². The molecule has 0 unspecified atom stereocenters. The Morgan fingerprint density at radius 2 is 2.12 bits per heavy atom. The molecule has 1 aliphatic heterocycles. The Labute approximate surface area is 151 Å². The van der Waals surface area contributed by atoms with Crippen LogP contribution in [0.2, 0.25) is 0 Å². The molecular formula is C18H19NO6S. The molecule has 1 aliphatic rings. The van der Waals surface area contributed by atoms with Crippen molar-refractivity contribution in [2.75, 3.05) is 11.3 Å². The fourth-order valence-corrected chi connectivity index (χ4v) is 3.90. The molecule has 2 aromatic carbocycles. The quantitative estimate of drug-likeness (QED) is 0.803. The molecule has 0 aromatic heterocycles. The third kappa shape index (κ3) is 3.60. The second kappa shape index (κ2) is 6.87. The van der Waals surface area contributed by atoms with Crippen LogP contribution in [0.5, 0.6) is 11.5 Å². The van der Waals surface area contributed by atoms with Crippen LogP contribution < -0.4 is 14.2 Å². The van der Waals surface area contributed by atoms with Crippen molar-refractivity contribution >= 4 is 21.7 Å². The molecule has 0 saturated carbocycles. The molecule has 138 valence electrons. The van der Waals surface area contributed by atoms with Gasteiger partial charge in [0.1, 0.15) is 17.6 Å². The minimum absolute atomic E-state index is 0.0126. The van der Waals surface area contributed by atoms with Gasteiger partial charge in [0.25, 0.3) is 10.0 Å². The van der Waals surface area contributed by atoms with Gasteiger partial charge in [-0.05, 0) is 38.1 Å². The van der Waals surface area contributed by atoms with Crippen LogP contribution in [0.15, 0.2) is 41.3 Å². The minimum Gasteiger partial charge on any atom is -0.492 e. The lowest BCUT2D eigenvalue weighted by Crippen LogP contribution is -2.15. The molecule has 2 N–H and O–H groups in total. The summed E-state index contributed by atoms with van der Waals surface area (Å²) >= 11 is 0. The Bertz CT molecular complexity index is 954. The second-order valence-electron chi connectivity index (χ2n) is 5.96. The molecule has 1 heterocycles. The van der Waals surface area contributed by atoms with Crippen LogP contribution in [0.25, 0.3) is 0 Å². The number of carbonyl (C=O) groups is 1. The lowest BCUT2D eigenvalue weighted by molar-refractivity contribution is 0.0696. The number of hydrogen-bond donors (Lipinski definition) is 2. The van der Waals surface area contributed by atoms with Crippen LogP contribution in [0.1, 0.15) is 29.8 Å². The lowest BCUT2D eigenvalue weighted by atomic mass is 10.1. The molecule has 3 rings (SSSR count). The van der Waals surface area contributed by atoms with E-state index >= 15 is 0 Å². The highest BCUT2D eigenvalue weighted by atomic mass is 32.2. The van der Waals surface area contributed by atoms with Crippen LogP contribution >= 0.6 is 0 Å². The van der Waals surface area contributed by atoms with Crippen LogP contribution in [-0.2, 0) is 16.4 Å². The molecule has 0 aliphatic carbocycles. The van der Waals surface area contributed by atoms with E-state index in [1.807, 2.05) is 6.92 Å². The number of anilines is 1. The molecule has 26 heavy (non-hydrogen) atoms. The second-order valence-corrected chi connectivity index (χ2v) is 7.64. The normalized spacial score (nSPS) is 15.8. The molecule has 1 atom stereocenters. The van der Waals surface area contributed by atoms with E-state index in [9.17, 15) is 13.2 Å². The molecule has 2 aromatic rings. The van der Waals surface area contributed by atoms with E-state index < -0.39 is 16.0 Å². The van der Waals surface area contributed by atoms with Gasteiger partial charge >= 0.3 is 5.97 Å². The van der Waals surface area contributed by atoms with Gasteiger partial charge in [0.05, 0.1) is 22.8 Å². The van der Waals surface area contributed by atoms with Gasteiger partial charge in [-0.2, -0.15) is 0 Å². The maximum Gasteiger partial charge on any atom is 0.335 e. The summed E-state index contributed by atoms with van der Waals surface area (Å²) in [6, 6.07) is 8.53. The van der Waals surface area contributed by atoms with E-state index in [1.165, 1.54) is 18.2 Å². The zero-order valence-electron chi connectivity index (χ0n) is 14.4. The first-order valence-corrected chi connectivity index (χ1v) is 9.61. The average molecular weight is 377 g/mol. The first kappa shape index (κ1) is 18.1. The van der Waals surface area contributed by atoms with Crippen LogP contribution in [0.4, 0.5) is 5.69 Å². The fraction of sp³-hybridized carbons (Fsp3) is 0.278. The summed E-state index contributed by atoms with van der Waals surface area (Å²) in [6.07, 6.45) is 0.738. The number of fused-ring (bicyclic) bond motifs is 1. The molecule has 0 saturated heterocycles. The van der Waals surface area contributed by atoms with Gasteiger partial charge < -0.3 is 14.6 Å². The first-order valence-electron chi connectivity index (χ1n) is 8.12. The lowest BCUT2D eigenvalue weighted by Gasteiger charge is -2.15. The van der Waals surface area contributed by atoms with Crippen molar-refractivity contribution in [2.24, 2.45) is 0 Å². The highest BCUT2D eigenvalue weighted by Gasteiger charge is 2.24. The van der Waals surface area contributed by atoms with Crippen molar-refractivity contribution in [2.45, 2.75) is 31.3 Å².